The Labute approximate surface area is 118 Å². The summed E-state index contributed by atoms with van der Waals surface area (Å²) in [6.07, 6.45) is 1.39. The Kier molecular flexibility index (Phi) is 4.27. The molecule has 1 atom stereocenters. The highest BCUT2D eigenvalue weighted by molar-refractivity contribution is 5.91. The van der Waals surface area contributed by atoms with E-state index >= 15 is 0 Å². The maximum absolute atomic E-state index is 12.4. The molecule has 0 radical (unpaired) electrons. The second-order valence-electron chi connectivity index (χ2n) is 5.30. The number of rotatable bonds is 2. The van der Waals surface area contributed by atoms with Crippen molar-refractivity contribution in [2.75, 3.05) is 25.0 Å². The van der Waals surface area contributed by atoms with Crippen LogP contribution in [0.25, 0.3) is 0 Å². The Hall–Kier alpha value is -2.04. The molecule has 108 valence electrons. The number of carboxylic acid groups (broad SMARTS) is 1. The van der Waals surface area contributed by atoms with E-state index < -0.39 is 11.9 Å². The molecule has 2 rings (SSSR count). The van der Waals surface area contributed by atoms with E-state index in [0.717, 1.165) is 17.7 Å². The molecule has 1 aromatic rings. The summed E-state index contributed by atoms with van der Waals surface area (Å²) in [4.78, 5) is 26.7. The minimum Gasteiger partial charge on any atom is -0.481 e. The van der Waals surface area contributed by atoms with Crippen LogP contribution in [0.3, 0.4) is 0 Å². The van der Waals surface area contributed by atoms with Crippen LogP contribution in [0.2, 0.25) is 0 Å². The number of likely N-dealkylation sites (tertiary alicyclic amines) is 1. The largest absolute Gasteiger partial charge is 0.481 e. The van der Waals surface area contributed by atoms with Crippen LogP contribution in [-0.4, -0.2) is 42.1 Å². The molecule has 0 spiro atoms. The number of nitrogens with zero attached hydrogens (tertiary/aromatic N) is 2. The number of aryl methyl sites for hydroxylation is 1. The van der Waals surface area contributed by atoms with E-state index in [9.17, 15) is 9.59 Å². The highest BCUT2D eigenvalue weighted by atomic mass is 16.4. The first-order valence-electron chi connectivity index (χ1n) is 6.81. The summed E-state index contributed by atoms with van der Waals surface area (Å²) in [5.74, 6) is -1.26. The van der Waals surface area contributed by atoms with Gasteiger partial charge in [-0.05, 0) is 37.5 Å². The topological polar surface area (TPSA) is 60.9 Å². The highest BCUT2D eigenvalue weighted by Crippen LogP contribution is 2.21. The average molecular weight is 276 g/mol. The molecule has 1 aliphatic heterocycles. The van der Waals surface area contributed by atoms with Gasteiger partial charge in [0.25, 0.3) is 0 Å². The van der Waals surface area contributed by atoms with Gasteiger partial charge in [-0.15, -0.1) is 0 Å². The molecule has 5 heteroatoms. The van der Waals surface area contributed by atoms with Crippen molar-refractivity contribution < 1.29 is 14.7 Å². The molecular weight excluding hydrogens is 256 g/mol. The summed E-state index contributed by atoms with van der Waals surface area (Å²) in [7, 11) is 1.72. The van der Waals surface area contributed by atoms with Gasteiger partial charge in [-0.25, -0.2) is 4.79 Å². The van der Waals surface area contributed by atoms with Gasteiger partial charge in [0.2, 0.25) is 0 Å². The molecule has 1 saturated heterocycles. The van der Waals surface area contributed by atoms with E-state index in [2.05, 4.69) is 0 Å². The third-order valence-corrected chi connectivity index (χ3v) is 3.72. The number of urea groups is 1. The van der Waals surface area contributed by atoms with E-state index in [4.69, 9.17) is 5.11 Å². The predicted octanol–water partition coefficient (Wildman–Crippen LogP) is 2.35. The number of amides is 2. The van der Waals surface area contributed by atoms with Crippen molar-refractivity contribution in [1.82, 2.24) is 4.90 Å². The number of carboxylic acids is 1. The van der Waals surface area contributed by atoms with Crippen LogP contribution in [0.4, 0.5) is 10.5 Å². The molecule has 5 nitrogen and oxygen atoms in total. The fraction of sp³-hybridized carbons (Fsp3) is 0.467. The van der Waals surface area contributed by atoms with Crippen molar-refractivity contribution in [3.8, 4) is 0 Å². The maximum atomic E-state index is 12.4. The van der Waals surface area contributed by atoms with Gasteiger partial charge in [0, 0.05) is 25.8 Å². The summed E-state index contributed by atoms with van der Waals surface area (Å²) >= 11 is 0. The van der Waals surface area contributed by atoms with Gasteiger partial charge < -0.3 is 10.0 Å². The smallest absolute Gasteiger partial charge is 0.324 e. The molecule has 1 N–H and O–H groups in total. The third kappa shape index (κ3) is 3.10. The fourth-order valence-electron chi connectivity index (χ4n) is 2.51. The van der Waals surface area contributed by atoms with Gasteiger partial charge in [-0.3, -0.25) is 9.69 Å². The molecule has 0 bridgehead atoms. The first-order chi connectivity index (χ1) is 9.49. The SMILES string of the molecule is Cc1cccc(N(C)C(=O)N2CCCC(C(=O)O)C2)c1. The molecule has 1 aromatic carbocycles. The van der Waals surface area contributed by atoms with E-state index in [1.165, 1.54) is 0 Å². The quantitative estimate of drug-likeness (QED) is 0.902. The molecule has 0 aromatic heterocycles. The Bertz CT molecular complexity index is 516. The Morgan fingerprint density at radius 1 is 1.40 bits per heavy atom. The number of carbonyl (C=O) groups is 2. The predicted molar refractivity (Wildman–Crippen MR) is 76.9 cm³/mol. The van der Waals surface area contributed by atoms with E-state index in [1.807, 2.05) is 31.2 Å². The van der Waals surface area contributed by atoms with Crippen LogP contribution in [-0.2, 0) is 4.79 Å². The molecule has 2 amide bonds. The summed E-state index contributed by atoms with van der Waals surface area (Å²) < 4.78 is 0. The first kappa shape index (κ1) is 14.4. The van der Waals surface area contributed by atoms with E-state index in [1.54, 1.807) is 16.8 Å². The lowest BCUT2D eigenvalue weighted by atomic mass is 9.98. The van der Waals surface area contributed by atoms with Gasteiger partial charge in [-0.2, -0.15) is 0 Å². The summed E-state index contributed by atoms with van der Waals surface area (Å²) in [5.41, 5.74) is 1.91. The minimum absolute atomic E-state index is 0.137. The Morgan fingerprint density at radius 2 is 2.15 bits per heavy atom. The van der Waals surface area contributed by atoms with Crippen LogP contribution in [0, 0.1) is 12.8 Å². The van der Waals surface area contributed by atoms with Gasteiger partial charge >= 0.3 is 12.0 Å². The number of carbonyl (C=O) groups excluding carboxylic acids is 1. The molecule has 1 heterocycles. The molecule has 1 fully saturated rings. The highest BCUT2D eigenvalue weighted by Gasteiger charge is 2.29. The number of piperidine rings is 1. The third-order valence-electron chi connectivity index (χ3n) is 3.72. The second kappa shape index (κ2) is 5.94. The van der Waals surface area contributed by atoms with Crippen molar-refractivity contribution in [2.24, 2.45) is 5.92 Å². The molecule has 0 saturated carbocycles. The average Bonchev–Trinajstić information content (AvgIpc) is 2.45. The number of benzene rings is 1. The number of aliphatic carboxylic acids is 1. The van der Waals surface area contributed by atoms with Crippen LogP contribution in [0.1, 0.15) is 18.4 Å². The monoisotopic (exact) mass is 276 g/mol. The fourth-order valence-corrected chi connectivity index (χ4v) is 2.51. The lowest BCUT2D eigenvalue weighted by Crippen LogP contribution is -2.47. The first-order valence-corrected chi connectivity index (χ1v) is 6.81. The molecule has 1 aliphatic rings. The van der Waals surface area contributed by atoms with Crippen LogP contribution in [0.15, 0.2) is 24.3 Å². The lowest BCUT2D eigenvalue weighted by molar-refractivity contribution is -0.143. The number of hydrogen-bond acceptors (Lipinski definition) is 2. The van der Waals surface area contributed by atoms with Gasteiger partial charge in [0.15, 0.2) is 0 Å². The zero-order valence-corrected chi connectivity index (χ0v) is 11.9. The van der Waals surface area contributed by atoms with Gasteiger partial charge in [0.1, 0.15) is 0 Å². The second-order valence-corrected chi connectivity index (χ2v) is 5.30. The van der Waals surface area contributed by atoms with Crippen LogP contribution < -0.4 is 4.90 Å². The van der Waals surface area contributed by atoms with Crippen LogP contribution >= 0.6 is 0 Å². The summed E-state index contributed by atoms with van der Waals surface area (Å²) in [6, 6.07) is 7.56. The number of hydrogen-bond donors (Lipinski definition) is 1. The van der Waals surface area contributed by atoms with Crippen molar-refractivity contribution in [3.63, 3.8) is 0 Å². The lowest BCUT2D eigenvalue weighted by Gasteiger charge is -2.33. The van der Waals surface area contributed by atoms with Gasteiger partial charge in [-0.1, -0.05) is 12.1 Å². The molecule has 0 aliphatic carbocycles. The van der Waals surface area contributed by atoms with Gasteiger partial charge in [0.05, 0.1) is 5.92 Å². The Balaban J connectivity index is 2.08. The molecule has 1 unspecified atom stereocenters. The van der Waals surface area contributed by atoms with E-state index in [-0.39, 0.29) is 6.03 Å². The van der Waals surface area contributed by atoms with Crippen molar-refractivity contribution in [3.05, 3.63) is 29.8 Å². The Morgan fingerprint density at radius 3 is 2.80 bits per heavy atom. The summed E-state index contributed by atoms with van der Waals surface area (Å²) in [5, 5.41) is 9.08. The normalized spacial score (nSPS) is 18.7. The number of anilines is 1. The van der Waals surface area contributed by atoms with E-state index in [0.29, 0.717) is 19.5 Å². The minimum atomic E-state index is -0.819. The van der Waals surface area contributed by atoms with Crippen molar-refractivity contribution in [2.45, 2.75) is 19.8 Å². The zero-order valence-electron chi connectivity index (χ0n) is 11.9. The van der Waals surface area contributed by atoms with Crippen molar-refractivity contribution >= 4 is 17.7 Å². The zero-order chi connectivity index (χ0) is 14.7. The summed E-state index contributed by atoms with van der Waals surface area (Å²) in [6.45, 7) is 2.90. The maximum Gasteiger partial charge on any atom is 0.324 e. The standard InChI is InChI=1S/C15H20N2O3/c1-11-5-3-7-13(9-11)16(2)15(20)17-8-4-6-12(10-17)14(18)19/h3,5,7,9,12H,4,6,8,10H2,1-2H3,(H,18,19). The van der Waals surface area contributed by atoms with Crippen LogP contribution in [0.5, 0.6) is 0 Å². The molecule has 20 heavy (non-hydrogen) atoms. The van der Waals surface area contributed by atoms with Crippen molar-refractivity contribution in [1.29, 1.82) is 0 Å². The molecular formula is C15H20N2O3.